The third kappa shape index (κ3) is 1.24. The van der Waals surface area contributed by atoms with Crippen LogP contribution in [0.1, 0.15) is 19.5 Å². The molecule has 0 radical (unpaired) electrons. The first-order valence-corrected chi connectivity index (χ1v) is 4.84. The highest BCUT2D eigenvalue weighted by molar-refractivity contribution is 5.26. The molecule has 76 valence electrons. The second kappa shape index (κ2) is 3.04. The fraction of sp³-hybridized carbons (Fsp3) is 0.545. The third-order valence-electron chi connectivity index (χ3n) is 3.09. The molecule has 1 aromatic rings. The maximum absolute atomic E-state index is 6.19. The van der Waals surface area contributed by atoms with E-state index in [2.05, 4.69) is 4.98 Å². The number of hydrogen-bond acceptors (Lipinski definition) is 3. The lowest BCUT2D eigenvalue weighted by molar-refractivity contribution is -0.0940. The fourth-order valence-electron chi connectivity index (χ4n) is 1.80. The van der Waals surface area contributed by atoms with Crippen molar-refractivity contribution >= 4 is 0 Å². The lowest BCUT2D eigenvalue weighted by atomic mass is 9.68. The van der Waals surface area contributed by atoms with Gasteiger partial charge in [0, 0.05) is 11.7 Å². The molecule has 1 saturated heterocycles. The first-order chi connectivity index (χ1) is 6.56. The molecule has 0 atom stereocenters. The summed E-state index contributed by atoms with van der Waals surface area (Å²) < 4.78 is 5.30. The minimum absolute atomic E-state index is 0.103. The molecule has 3 heteroatoms. The van der Waals surface area contributed by atoms with Crippen LogP contribution in [-0.2, 0) is 10.2 Å². The van der Waals surface area contributed by atoms with Crippen LogP contribution in [0.4, 0.5) is 0 Å². The summed E-state index contributed by atoms with van der Waals surface area (Å²) in [6.07, 6.45) is 1.81. The van der Waals surface area contributed by atoms with Crippen molar-refractivity contribution in [1.29, 1.82) is 0 Å². The van der Waals surface area contributed by atoms with Gasteiger partial charge < -0.3 is 10.5 Å². The average Bonchev–Trinajstić information content (AvgIpc) is 2.01. The van der Waals surface area contributed by atoms with E-state index in [1.807, 2.05) is 32.0 Å². The zero-order valence-corrected chi connectivity index (χ0v) is 8.66. The van der Waals surface area contributed by atoms with Gasteiger partial charge in [-0.05, 0) is 26.0 Å². The van der Waals surface area contributed by atoms with Crippen LogP contribution in [0.3, 0.4) is 0 Å². The number of ether oxygens (including phenoxy) is 1. The molecule has 0 aliphatic carbocycles. The molecular formula is C11H16N2O. The minimum atomic E-state index is -0.292. The van der Waals surface area contributed by atoms with Gasteiger partial charge in [0.2, 0.25) is 0 Å². The molecule has 0 spiro atoms. The quantitative estimate of drug-likeness (QED) is 0.763. The fourth-order valence-corrected chi connectivity index (χ4v) is 1.80. The molecule has 0 amide bonds. The highest BCUT2D eigenvalue weighted by atomic mass is 16.5. The van der Waals surface area contributed by atoms with E-state index >= 15 is 0 Å². The second-order valence-electron chi connectivity index (χ2n) is 4.51. The molecule has 2 rings (SSSR count). The number of hydrogen-bond donors (Lipinski definition) is 1. The summed E-state index contributed by atoms with van der Waals surface area (Å²) in [5.41, 5.74) is 6.83. The Bertz CT molecular complexity index is 312. The van der Waals surface area contributed by atoms with E-state index in [-0.39, 0.29) is 11.0 Å². The van der Waals surface area contributed by atoms with Crippen molar-refractivity contribution in [1.82, 2.24) is 4.98 Å². The lowest BCUT2D eigenvalue weighted by Gasteiger charge is -2.50. The summed E-state index contributed by atoms with van der Waals surface area (Å²) in [5, 5.41) is 0. The predicted molar refractivity (Wildman–Crippen MR) is 55.0 cm³/mol. The molecule has 3 nitrogen and oxygen atoms in total. The van der Waals surface area contributed by atoms with Crippen LogP contribution in [-0.4, -0.2) is 23.7 Å². The summed E-state index contributed by atoms with van der Waals surface area (Å²) in [7, 11) is 0. The standard InChI is InChI=1S/C11H16N2O/c1-10(2,12)11(7-14-8-11)9-5-3-4-6-13-9/h3-6H,7-8,12H2,1-2H3. The number of aromatic nitrogens is 1. The predicted octanol–water partition coefficient (Wildman–Crippen LogP) is 1.09. The maximum atomic E-state index is 6.19. The molecule has 1 aliphatic rings. The van der Waals surface area contributed by atoms with Gasteiger partial charge in [-0.3, -0.25) is 4.98 Å². The van der Waals surface area contributed by atoms with Gasteiger partial charge >= 0.3 is 0 Å². The number of rotatable bonds is 2. The van der Waals surface area contributed by atoms with E-state index in [1.54, 1.807) is 6.20 Å². The average molecular weight is 192 g/mol. The zero-order valence-electron chi connectivity index (χ0n) is 8.66. The van der Waals surface area contributed by atoms with Gasteiger partial charge in [0.05, 0.1) is 24.3 Å². The Labute approximate surface area is 84.3 Å². The molecule has 2 N–H and O–H groups in total. The molecule has 0 saturated carbocycles. The summed E-state index contributed by atoms with van der Waals surface area (Å²) in [6.45, 7) is 5.41. The topological polar surface area (TPSA) is 48.1 Å². The number of nitrogens with two attached hydrogens (primary N) is 1. The molecular weight excluding hydrogens is 176 g/mol. The van der Waals surface area contributed by atoms with Crippen molar-refractivity contribution in [2.75, 3.05) is 13.2 Å². The molecule has 0 bridgehead atoms. The van der Waals surface area contributed by atoms with E-state index < -0.39 is 0 Å². The molecule has 1 aromatic heterocycles. The zero-order chi connectivity index (χ0) is 10.2. The van der Waals surface area contributed by atoms with E-state index in [0.29, 0.717) is 13.2 Å². The highest BCUT2D eigenvalue weighted by Crippen LogP contribution is 2.39. The molecule has 2 heterocycles. The van der Waals surface area contributed by atoms with E-state index in [0.717, 1.165) is 5.69 Å². The first kappa shape index (κ1) is 9.62. The largest absolute Gasteiger partial charge is 0.379 e. The van der Waals surface area contributed by atoms with Gasteiger partial charge in [0.25, 0.3) is 0 Å². The number of nitrogens with zero attached hydrogens (tertiary/aromatic N) is 1. The lowest BCUT2D eigenvalue weighted by Crippen LogP contribution is -2.65. The Hall–Kier alpha value is -0.930. The summed E-state index contributed by atoms with van der Waals surface area (Å²) in [5.74, 6) is 0. The van der Waals surface area contributed by atoms with Crippen LogP contribution in [0.2, 0.25) is 0 Å². The Morgan fingerprint density at radius 1 is 1.43 bits per heavy atom. The van der Waals surface area contributed by atoms with Gasteiger partial charge in [0.15, 0.2) is 0 Å². The van der Waals surface area contributed by atoms with E-state index in [4.69, 9.17) is 10.5 Å². The Balaban J connectivity index is 2.39. The van der Waals surface area contributed by atoms with Gasteiger partial charge in [-0.1, -0.05) is 6.07 Å². The molecule has 0 unspecified atom stereocenters. The van der Waals surface area contributed by atoms with Crippen molar-refractivity contribution in [2.24, 2.45) is 5.73 Å². The Kier molecular flexibility index (Phi) is 2.09. The Morgan fingerprint density at radius 2 is 2.14 bits per heavy atom. The van der Waals surface area contributed by atoms with Gasteiger partial charge in [-0.15, -0.1) is 0 Å². The monoisotopic (exact) mass is 192 g/mol. The van der Waals surface area contributed by atoms with Crippen molar-refractivity contribution < 1.29 is 4.74 Å². The van der Waals surface area contributed by atoms with E-state index in [1.165, 1.54) is 0 Å². The number of pyridine rings is 1. The van der Waals surface area contributed by atoms with Gasteiger partial charge in [0.1, 0.15) is 0 Å². The van der Waals surface area contributed by atoms with Crippen LogP contribution in [0.15, 0.2) is 24.4 Å². The molecule has 14 heavy (non-hydrogen) atoms. The van der Waals surface area contributed by atoms with Crippen LogP contribution in [0, 0.1) is 0 Å². The second-order valence-corrected chi connectivity index (χ2v) is 4.51. The third-order valence-corrected chi connectivity index (χ3v) is 3.09. The highest BCUT2D eigenvalue weighted by Gasteiger charge is 2.51. The van der Waals surface area contributed by atoms with Crippen LogP contribution < -0.4 is 5.73 Å². The normalized spacial score (nSPS) is 20.2. The summed E-state index contributed by atoms with van der Waals surface area (Å²) in [4.78, 5) is 4.38. The minimum Gasteiger partial charge on any atom is -0.379 e. The van der Waals surface area contributed by atoms with E-state index in [9.17, 15) is 0 Å². The first-order valence-electron chi connectivity index (χ1n) is 4.84. The van der Waals surface area contributed by atoms with Crippen LogP contribution >= 0.6 is 0 Å². The summed E-state index contributed by atoms with van der Waals surface area (Å²) in [6, 6.07) is 5.94. The molecule has 1 fully saturated rings. The van der Waals surface area contributed by atoms with Crippen LogP contribution in [0.25, 0.3) is 0 Å². The van der Waals surface area contributed by atoms with Gasteiger partial charge in [-0.2, -0.15) is 0 Å². The van der Waals surface area contributed by atoms with Crippen LogP contribution in [0.5, 0.6) is 0 Å². The Morgan fingerprint density at radius 3 is 2.50 bits per heavy atom. The van der Waals surface area contributed by atoms with Crippen molar-refractivity contribution in [2.45, 2.75) is 24.8 Å². The summed E-state index contributed by atoms with van der Waals surface area (Å²) >= 11 is 0. The molecule has 0 aromatic carbocycles. The van der Waals surface area contributed by atoms with Crippen molar-refractivity contribution in [3.63, 3.8) is 0 Å². The molecule has 1 aliphatic heterocycles. The smallest absolute Gasteiger partial charge is 0.0766 e. The van der Waals surface area contributed by atoms with Crippen molar-refractivity contribution in [3.05, 3.63) is 30.1 Å². The maximum Gasteiger partial charge on any atom is 0.0766 e. The van der Waals surface area contributed by atoms with Crippen molar-refractivity contribution in [3.8, 4) is 0 Å². The van der Waals surface area contributed by atoms with Gasteiger partial charge in [-0.25, -0.2) is 0 Å². The SMILES string of the molecule is CC(C)(N)C1(c2ccccn2)COC1.